The Labute approximate surface area is 203 Å². The Morgan fingerprint density at radius 3 is 1.89 bits per heavy atom. The number of halogens is 3. The van der Waals surface area contributed by atoms with Gasteiger partial charge in [0.2, 0.25) is 5.91 Å². The molecule has 3 aromatic rings. The van der Waals surface area contributed by atoms with Crippen molar-refractivity contribution in [2.24, 2.45) is 17.6 Å². The third-order valence-electron chi connectivity index (χ3n) is 8.25. The lowest BCUT2D eigenvalue weighted by atomic mass is 9.63. The number of nitrogens with zero attached hydrogens (tertiary/aromatic N) is 2. The van der Waals surface area contributed by atoms with Gasteiger partial charge in [-0.2, -0.15) is 13.2 Å². The minimum absolute atomic E-state index is 0.0719. The summed E-state index contributed by atoms with van der Waals surface area (Å²) in [6.45, 7) is 0. The number of nitrogens with two attached hydrogens (primary N) is 1. The highest BCUT2D eigenvalue weighted by atomic mass is 19.4. The number of rotatable bonds is 5. The van der Waals surface area contributed by atoms with Crippen LogP contribution in [0.1, 0.15) is 69.8 Å². The number of alkyl halides is 3. The monoisotopic (exact) mass is 483 g/mol. The molecule has 0 bridgehead atoms. The van der Waals surface area contributed by atoms with Gasteiger partial charge in [-0.05, 0) is 61.8 Å². The van der Waals surface area contributed by atoms with Crippen LogP contribution in [-0.4, -0.2) is 15.5 Å². The Morgan fingerprint density at radius 2 is 1.37 bits per heavy atom. The highest BCUT2D eigenvalue weighted by Crippen LogP contribution is 2.50. The van der Waals surface area contributed by atoms with Gasteiger partial charge in [0.15, 0.2) is 0 Å². The third kappa shape index (κ3) is 4.13. The van der Waals surface area contributed by atoms with Crippen LogP contribution in [0, 0.1) is 11.8 Å². The number of hydrogen-bond donors (Lipinski definition) is 1. The second kappa shape index (κ2) is 9.32. The van der Waals surface area contributed by atoms with E-state index in [2.05, 4.69) is 0 Å². The average molecular weight is 484 g/mol. The van der Waals surface area contributed by atoms with E-state index < -0.39 is 17.3 Å². The molecule has 2 saturated carbocycles. The molecule has 2 N–H and O–H groups in total. The van der Waals surface area contributed by atoms with Gasteiger partial charge in [0.25, 0.3) is 0 Å². The van der Waals surface area contributed by atoms with Crippen LogP contribution in [0.15, 0.2) is 48.5 Å². The predicted octanol–water partition coefficient (Wildman–Crippen LogP) is 7.06. The van der Waals surface area contributed by atoms with Crippen LogP contribution in [0.4, 0.5) is 13.2 Å². The number of carbonyl (C=O) groups excluding carboxylic acids is 1. The molecule has 2 aliphatic rings. The second-order valence-corrected chi connectivity index (χ2v) is 10.2. The van der Waals surface area contributed by atoms with Crippen molar-refractivity contribution in [1.29, 1.82) is 0 Å². The molecule has 0 atom stereocenters. The molecular weight excluding hydrogens is 451 g/mol. The lowest BCUT2D eigenvalue weighted by Gasteiger charge is -2.48. The van der Waals surface area contributed by atoms with Crippen molar-refractivity contribution < 1.29 is 18.0 Å². The maximum absolute atomic E-state index is 13.8. The molecule has 0 aliphatic heterocycles. The molecule has 4 nitrogen and oxygen atoms in total. The molecule has 1 amide bonds. The minimum Gasteiger partial charge on any atom is -0.368 e. The van der Waals surface area contributed by atoms with E-state index in [0.717, 1.165) is 87.4 Å². The van der Waals surface area contributed by atoms with Gasteiger partial charge in [0, 0.05) is 5.56 Å². The Balaban J connectivity index is 1.78. The van der Waals surface area contributed by atoms with Crippen LogP contribution >= 0.6 is 0 Å². The molecule has 0 spiro atoms. The molecule has 0 saturated heterocycles. The molecule has 5 rings (SSSR count). The predicted molar refractivity (Wildman–Crippen MR) is 130 cm³/mol. The van der Waals surface area contributed by atoms with Crippen molar-refractivity contribution in [3.05, 3.63) is 54.1 Å². The average Bonchev–Trinajstić information content (AvgIpc) is 3.25. The molecule has 35 heavy (non-hydrogen) atoms. The van der Waals surface area contributed by atoms with E-state index >= 15 is 0 Å². The summed E-state index contributed by atoms with van der Waals surface area (Å²) in [7, 11) is 0. The Kier molecular flexibility index (Phi) is 6.36. The zero-order valence-electron chi connectivity index (χ0n) is 19.9. The first-order chi connectivity index (χ1) is 16.8. The van der Waals surface area contributed by atoms with E-state index in [4.69, 9.17) is 10.7 Å². The highest BCUT2D eigenvalue weighted by molar-refractivity contribution is 5.89. The molecule has 1 heterocycles. The fraction of sp³-hybridized carbons (Fsp3) is 0.500. The SMILES string of the molecule is NC(=O)C(C1CCCCC1)(C1CCCCC1)n1c(-c2ccc(C(F)(F)F)cc2)nc2ccccc21. The van der Waals surface area contributed by atoms with Gasteiger partial charge in [-0.1, -0.05) is 62.8 Å². The summed E-state index contributed by atoms with van der Waals surface area (Å²) in [6, 6.07) is 12.8. The van der Waals surface area contributed by atoms with Crippen LogP contribution in [0.5, 0.6) is 0 Å². The number of para-hydroxylation sites is 2. The quantitative estimate of drug-likeness (QED) is 0.422. The van der Waals surface area contributed by atoms with E-state index in [1.54, 1.807) is 0 Å². The van der Waals surface area contributed by atoms with E-state index in [0.29, 0.717) is 11.4 Å². The van der Waals surface area contributed by atoms with Crippen LogP contribution < -0.4 is 5.73 Å². The molecular formula is C28H32F3N3O. The van der Waals surface area contributed by atoms with Crippen LogP contribution in [0.3, 0.4) is 0 Å². The largest absolute Gasteiger partial charge is 0.416 e. The van der Waals surface area contributed by atoms with Crippen molar-refractivity contribution in [3.63, 3.8) is 0 Å². The van der Waals surface area contributed by atoms with Crippen molar-refractivity contribution in [1.82, 2.24) is 9.55 Å². The van der Waals surface area contributed by atoms with Crippen molar-refractivity contribution in [2.45, 2.75) is 75.9 Å². The van der Waals surface area contributed by atoms with Gasteiger partial charge in [-0.3, -0.25) is 4.79 Å². The number of carbonyl (C=O) groups is 1. The molecule has 2 fully saturated rings. The zero-order valence-corrected chi connectivity index (χ0v) is 19.9. The summed E-state index contributed by atoms with van der Waals surface area (Å²) in [5, 5.41) is 0. The number of hydrogen-bond acceptors (Lipinski definition) is 2. The van der Waals surface area contributed by atoms with Crippen LogP contribution in [0.25, 0.3) is 22.4 Å². The van der Waals surface area contributed by atoms with Crippen molar-refractivity contribution in [2.75, 3.05) is 0 Å². The van der Waals surface area contributed by atoms with Gasteiger partial charge in [0.05, 0.1) is 16.6 Å². The van der Waals surface area contributed by atoms with E-state index in [1.165, 1.54) is 12.1 Å². The molecule has 1 aromatic heterocycles. The number of benzene rings is 2. The molecule has 0 radical (unpaired) electrons. The first-order valence-corrected chi connectivity index (χ1v) is 12.8. The van der Waals surface area contributed by atoms with Gasteiger partial charge < -0.3 is 10.3 Å². The number of aromatic nitrogens is 2. The molecule has 0 unspecified atom stereocenters. The molecule has 7 heteroatoms. The second-order valence-electron chi connectivity index (χ2n) is 10.2. The standard InChI is InChI=1S/C28H32F3N3O/c29-28(30,31)22-17-15-19(16-18-22)25-33-23-13-7-8-14-24(23)34(25)27(26(32)35,20-9-3-1-4-10-20)21-11-5-2-6-12-21/h7-8,13-18,20-21H,1-6,9-12H2,(H2,32,35). The number of fused-ring (bicyclic) bond motifs is 1. The number of primary amides is 1. The van der Waals surface area contributed by atoms with E-state index in [9.17, 15) is 18.0 Å². The Bertz CT molecular complexity index is 1170. The zero-order chi connectivity index (χ0) is 24.6. The molecule has 186 valence electrons. The highest BCUT2D eigenvalue weighted by Gasteiger charge is 2.53. The summed E-state index contributed by atoms with van der Waals surface area (Å²) >= 11 is 0. The summed E-state index contributed by atoms with van der Waals surface area (Å²) in [6.07, 6.45) is 5.74. The normalized spacial score (nSPS) is 18.7. The van der Waals surface area contributed by atoms with Gasteiger partial charge >= 0.3 is 6.18 Å². The fourth-order valence-corrected chi connectivity index (χ4v) is 6.70. The molecule has 2 aromatic carbocycles. The van der Waals surface area contributed by atoms with Gasteiger partial charge in [-0.15, -0.1) is 0 Å². The maximum atomic E-state index is 13.8. The van der Waals surface area contributed by atoms with Gasteiger partial charge in [-0.25, -0.2) is 4.98 Å². The van der Waals surface area contributed by atoms with Crippen molar-refractivity contribution in [3.8, 4) is 11.4 Å². The topological polar surface area (TPSA) is 60.9 Å². The number of amides is 1. The summed E-state index contributed by atoms with van der Waals surface area (Å²) in [4.78, 5) is 18.6. The molecule has 2 aliphatic carbocycles. The van der Waals surface area contributed by atoms with Crippen LogP contribution in [-0.2, 0) is 16.5 Å². The smallest absolute Gasteiger partial charge is 0.368 e. The Hall–Kier alpha value is -2.83. The van der Waals surface area contributed by atoms with E-state index in [1.807, 2.05) is 28.8 Å². The summed E-state index contributed by atoms with van der Waals surface area (Å²) < 4.78 is 41.8. The summed E-state index contributed by atoms with van der Waals surface area (Å²) in [5.41, 5.74) is 6.84. The lowest BCUT2D eigenvalue weighted by Crippen LogP contribution is -2.58. The number of imidazole rings is 1. The first kappa shape index (κ1) is 23.9. The van der Waals surface area contributed by atoms with E-state index in [-0.39, 0.29) is 17.7 Å². The van der Waals surface area contributed by atoms with Crippen LogP contribution in [0.2, 0.25) is 0 Å². The van der Waals surface area contributed by atoms with Crippen molar-refractivity contribution >= 4 is 16.9 Å². The summed E-state index contributed by atoms with van der Waals surface area (Å²) in [5.74, 6) is 0.327. The van der Waals surface area contributed by atoms with Gasteiger partial charge in [0.1, 0.15) is 11.4 Å². The Morgan fingerprint density at radius 1 is 0.829 bits per heavy atom. The minimum atomic E-state index is -4.42. The lowest BCUT2D eigenvalue weighted by molar-refractivity contribution is -0.137. The first-order valence-electron chi connectivity index (χ1n) is 12.8. The fourth-order valence-electron chi connectivity index (χ4n) is 6.70. The third-order valence-corrected chi connectivity index (χ3v) is 8.25. The maximum Gasteiger partial charge on any atom is 0.416 e.